The third-order valence-electron chi connectivity index (χ3n) is 6.97. The molecule has 3 nitrogen and oxygen atoms in total. The first kappa shape index (κ1) is 13.1. The fraction of sp³-hybridized carbons (Fsp3) is 0.941. The van der Waals surface area contributed by atoms with Crippen molar-refractivity contribution in [2.75, 3.05) is 13.1 Å². The van der Waals surface area contributed by atoms with Crippen molar-refractivity contribution in [2.24, 2.45) is 34.3 Å². The smallest absolute Gasteiger partial charge is 0.227 e. The zero-order chi connectivity index (χ0) is 13.8. The Morgan fingerprint density at radius 2 is 1.60 bits per heavy atom. The summed E-state index contributed by atoms with van der Waals surface area (Å²) in [6, 6.07) is 0. The molecule has 0 saturated heterocycles. The maximum atomic E-state index is 12.5. The molecular formula is C17H28N2O. The lowest BCUT2D eigenvalue weighted by Gasteiger charge is -2.57. The lowest BCUT2D eigenvalue weighted by molar-refractivity contribution is -0.137. The summed E-state index contributed by atoms with van der Waals surface area (Å²) in [5, 5.41) is 3.31. The van der Waals surface area contributed by atoms with E-state index in [1.54, 1.807) is 0 Å². The van der Waals surface area contributed by atoms with Gasteiger partial charge in [0, 0.05) is 13.1 Å². The molecule has 5 aliphatic carbocycles. The summed E-state index contributed by atoms with van der Waals surface area (Å²) in [5.41, 5.74) is 6.09. The third kappa shape index (κ3) is 1.93. The molecule has 5 aliphatic rings. The van der Waals surface area contributed by atoms with Crippen molar-refractivity contribution in [1.82, 2.24) is 5.32 Å². The number of nitrogens with two attached hydrogens (primary N) is 1. The zero-order valence-electron chi connectivity index (χ0n) is 12.5. The number of hydrogen-bond donors (Lipinski definition) is 2. The molecule has 5 saturated carbocycles. The molecule has 112 valence electrons. The quantitative estimate of drug-likeness (QED) is 0.828. The van der Waals surface area contributed by atoms with Gasteiger partial charge in [-0.3, -0.25) is 4.79 Å². The molecule has 5 fully saturated rings. The summed E-state index contributed by atoms with van der Waals surface area (Å²) < 4.78 is 0. The Hall–Kier alpha value is -0.570. The van der Waals surface area contributed by atoms with Crippen LogP contribution in [0.15, 0.2) is 0 Å². The molecule has 3 heteroatoms. The van der Waals surface area contributed by atoms with E-state index in [4.69, 9.17) is 5.73 Å². The topological polar surface area (TPSA) is 55.1 Å². The Morgan fingerprint density at radius 1 is 1.05 bits per heavy atom. The van der Waals surface area contributed by atoms with Gasteiger partial charge >= 0.3 is 0 Å². The van der Waals surface area contributed by atoms with Gasteiger partial charge in [0.05, 0.1) is 5.41 Å². The van der Waals surface area contributed by atoms with Crippen LogP contribution < -0.4 is 11.1 Å². The first-order chi connectivity index (χ1) is 9.63. The first-order valence-electron chi connectivity index (χ1n) is 8.62. The Labute approximate surface area is 122 Å². The average molecular weight is 276 g/mol. The lowest BCUT2D eigenvalue weighted by atomic mass is 9.49. The fourth-order valence-electron chi connectivity index (χ4n) is 6.09. The van der Waals surface area contributed by atoms with E-state index in [0.717, 1.165) is 37.1 Å². The average Bonchev–Trinajstić information content (AvgIpc) is 2.34. The van der Waals surface area contributed by atoms with Crippen molar-refractivity contribution in [3.63, 3.8) is 0 Å². The van der Waals surface area contributed by atoms with Gasteiger partial charge in [0.15, 0.2) is 0 Å². The van der Waals surface area contributed by atoms with E-state index in [1.807, 2.05) is 0 Å². The Morgan fingerprint density at radius 3 is 2.00 bits per heavy atom. The molecule has 0 aromatic carbocycles. The second-order valence-electron chi connectivity index (χ2n) is 8.44. The lowest BCUT2D eigenvalue weighted by Crippen LogP contribution is -2.55. The van der Waals surface area contributed by atoms with E-state index in [-0.39, 0.29) is 11.3 Å². The molecule has 4 bridgehead atoms. The molecule has 1 amide bonds. The monoisotopic (exact) mass is 276 g/mol. The molecule has 0 aromatic heterocycles. The van der Waals surface area contributed by atoms with Crippen molar-refractivity contribution in [1.29, 1.82) is 0 Å². The van der Waals surface area contributed by atoms with Crippen LogP contribution in [-0.2, 0) is 4.79 Å². The highest BCUT2D eigenvalue weighted by molar-refractivity contribution is 5.83. The predicted octanol–water partition coefficient (Wildman–Crippen LogP) is 2.45. The van der Waals surface area contributed by atoms with Gasteiger partial charge in [-0.15, -0.1) is 0 Å². The van der Waals surface area contributed by atoms with Crippen LogP contribution in [0.3, 0.4) is 0 Å². The predicted molar refractivity (Wildman–Crippen MR) is 79.0 cm³/mol. The van der Waals surface area contributed by atoms with Crippen molar-refractivity contribution >= 4 is 5.91 Å². The number of nitrogens with one attached hydrogen (secondary N) is 1. The van der Waals surface area contributed by atoms with Gasteiger partial charge in [-0.2, -0.15) is 0 Å². The molecule has 0 atom stereocenters. The van der Waals surface area contributed by atoms with E-state index in [0.29, 0.717) is 12.0 Å². The molecule has 0 spiro atoms. The number of carbonyl (C=O) groups is 1. The molecular weight excluding hydrogens is 248 g/mol. The van der Waals surface area contributed by atoms with Crippen LogP contribution in [0.1, 0.15) is 57.8 Å². The SMILES string of the molecule is NCC1(C(=O)NCC23CC4CC(CC(C4)C2)C3)CCC1. The molecule has 0 unspecified atom stereocenters. The first-order valence-corrected chi connectivity index (χ1v) is 8.62. The van der Waals surface area contributed by atoms with Crippen molar-refractivity contribution in [3.05, 3.63) is 0 Å². The fourth-order valence-corrected chi connectivity index (χ4v) is 6.09. The van der Waals surface area contributed by atoms with Gasteiger partial charge in [0.25, 0.3) is 0 Å². The largest absolute Gasteiger partial charge is 0.355 e. The van der Waals surface area contributed by atoms with Crippen LogP contribution in [0.25, 0.3) is 0 Å². The molecule has 3 N–H and O–H groups in total. The zero-order valence-corrected chi connectivity index (χ0v) is 12.5. The number of carbonyl (C=O) groups excluding carboxylic acids is 1. The Kier molecular flexibility index (Phi) is 2.93. The van der Waals surface area contributed by atoms with E-state index in [1.165, 1.54) is 44.9 Å². The van der Waals surface area contributed by atoms with Crippen LogP contribution in [0, 0.1) is 28.6 Å². The van der Waals surface area contributed by atoms with Gasteiger partial charge in [0.1, 0.15) is 0 Å². The number of hydrogen-bond acceptors (Lipinski definition) is 2. The second-order valence-corrected chi connectivity index (χ2v) is 8.44. The Balaban J connectivity index is 1.41. The minimum absolute atomic E-state index is 0.206. The molecule has 0 radical (unpaired) electrons. The molecule has 0 aromatic rings. The van der Waals surface area contributed by atoms with Crippen LogP contribution in [0.2, 0.25) is 0 Å². The summed E-state index contributed by atoms with van der Waals surface area (Å²) in [4.78, 5) is 12.5. The van der Waals surface area contributed by atoms with Gasteiger partial charge in [-0.25, -0.2) is 0 Å². The third-order valence-corrected chi connectivity index (χ3v) is 6.97. The highest BCUT2D eigenvalue weighted by atomic mass is 16.2. The number of rotatable bonds is 4. The summed E-state index contributed by atoms with van der Waals surface area (Å²) in [7, 11) is 0. The molecule has 0 heterocycles. The van der Waals surface area contributed by atoms with Crippen molar-refractivity contribution < 1.29 is 4.79 Å². The van der Waals surface area contributed by atoms with Crippen LogP contribution in [0.4, 0.5) is 0 Å². The van der Waals surface area contributed by atoms with Crippen molar-refractivity contribution in [2.45, 2.75) is 57.8 Å². The van der Waals surface area contributed by atoms with Crippen LogP contribution >= 0.6 is 0 Å². The van der Waals surface area contributed by atoms with Crippen LogP contribution in [0.5, 0.6) is 0 Å². The maximum Gasteiger partial charge on any atom is 0.227 e. The van der Waals surface area contributed by atoms with Gasteiger partial charge in [-0.05, 0) is 74.5 Å². The summed E-state index contributed by atoms with van der Waals surface area (Å²) >= 11 is 0. The molecule has 0 aliphatic heterocycles. The van der Waals surface area contributed by atoms with E-state index in [2.05, 4.69) is 5.32 Å². The highest BCUT2D eigenvalue weighted by Gasteiger charge is 2.51. The summed E-state index contributed by atoms with van der Waals surface area (Å²) in [6.07, 6.45) is 11.7. The van der Waals surface area contributed by atoms with E-state index >= 15 is 0 Å². The summed E-state index contributed by atoms with van der Waals surface area (Å²) in [6.45, 7) is 1.46. The molecule has 20 heavy (non-hydrogen) atoms. The second kappa shape index (κ2) is 4.46. The van der Waals surface area contributed by atoms with Gasteiger partial charge in [-0.1, -0.05) is 6.42 Å². The van der Waals surface area contributed by atoms with E-state index < -0.39 is 0 Å². The van der Waals surface area contributed by atoms with Gasteiger partial charge in [0.2, 0.25) is 5.91 Å². The maximum absolute atomic E-state index is 12.5. The van der Waals surface area contributed by atoms with Gasteiger partial charge < -0.3 is 11.1 Å². The normalized spacial score (nSPS) is 44.1. The minimum atomic E-state index is -0.206. The van der Waals surface area contributed by atoms with Crippen LogP contribution in [-0.4, -0.2) is 19.0 Å². The van der Waals surface area contributed by atoms with Crippen molar-refractivity contribution in [3.8, 4) is 0 Å². The van der Waals surface area contributed by atoms with E-state index in [9.17, 15) is 4.79 Å². The molecule has 5 rings (SSSR count). The summed E-state index contributed by atoms with van der Waals surface area (Å²) in [5.74, 6) is 3.14. The standard InChI is InChI=1S/C17H28N2O/c18-10-17(2-1-3-17)15(20)19-11-16-7-12-4-13(8-16)6-14(5-12)9-16/h12-14H,1-11,18H2,(H,19,20). The number of amides is 1. The highest BCUT2D eigenvalue weighted by Crippen LogP contribution is 2.59. The Bertz CT molecular complexity index is 372. The minimum Gasteiger partial charge on any atom is -0.355 e.